The lowest BCUT2D eigenvalue weighted by molar-refractivity contribution is 0.0894. The molecule has 0 spiro atoms. The van der Waals surface area contributed by atoms with E-state index in [4.69, 9.17) is 5.73 Å². The van der Waals surface area contributed by atoms with Crippen LogP contribution in [-0.2, 0) is 5.54 Å². The van der Waals surface area contributed by atoms with Gasteiger partial charge in [0, 0.05) is 12.2 Å². The first-order valence-corrected chi connectivity index (χ1v) is 7.28. The Morgan fingerprint density at radius 1 is 1.35 bits per heavy atom. The van der Waals surface area contributed by atoms with Gasteiger partial charge in [-0.3, -0.25) is 9.48 Å². The van der Waals surface area contributed by atoms with Crippen LogP contribution in [0.15, 0.2) is 6.20 Å². The zero-order valence-corrected chi connectivity index (χ0v) is 13.6. The number of aromatic nitrogens is 2. The molecule has 0 saturated heterocycles. The predicted octanol–water partition coefficient (Wildman–Crippen LogP) is 2.19. The highest BCUT2D eigenvalue weighted by molar-refractivity contribution is 5.95. The van der Waals surface area contributed by atoms with E-state index in [0.717, 1.165) is 18.5 Å². The van der Waals surface area contributed by atoms with Crippen molar-refractivity contribution in [3.8, 4) is 0 Å². The zero-order valence-electron chi connectivity index (χ0n) is 13.6. The van der Waals surface area contributed by atoms with Gasteiger partial charge in [0.1, 0.15) is 0 Å². The fraction of sp³-hybridized carbons (Fsp3) is 0.733. The highest BCUT2D eigenvalue weighted by atomic mass is 16.1. The van der Waals surface area contributed by atoms with E-state index in [1.54, 1.807) is 6.20 Å². The van der Waals surface area contributed by atoms with Crippen molar-refractivity contribution in [1.29, 1.82) is 0 Å². The molecule has 0 aliphatic heterocycles. The molecule has 1 rings (SSSR count). The summed E-state index contributed by atoms with van der Waals surface area (Å²) in [6.45, 7) is 12.7. The molecule has 114 valence electrons. The predicted molar refractivity (Wildman–Crippen MR) is 81.8 cm³/mol. The Kier molecular flexibility index (Phi) is 4.97. The first kappa shape index (κ1) is 16.7. The molecule has 1 amide bonds. The van der Waals surface area contributed by atoms with Crippen LogP contribution < -0.4 is 11.1 Å². The van der Waals surface area contributed by atoms with Crippen LogP contribution in [0.3, 0.4) is 0 Å². The second kappa shape index (κ2) is 5.95. The average molecular weight is 280 g/mol. The number of carbonyl (C=O) groups excluding carboxylic acids is 1. The monoisotopic (exact) mass is 280 g/mol. The number of nitrogens with one attached hydrogen (secondary N) is 1. The lowest BCUT2D eigenvalue weighted by Crippen LogP contribution is -2.53. The van der Waals surface area contributed by atoms with E-state index in [0.29, 0.717) is 12.1 Å². The van der Waals surface area contributed by atoms with Crippen molar-refractivity contribution in [3.05, 3.63) is 17.5 Å². The molecule has 0 unspecified atom stereocenters. The van der Waals surface area contributed by atoms with E-state index in [-0.39, 0.29) is 17.0 Å². The Labute approximate surface area is 121 Å². The van der Waals surface area contributed by atoms with Crippen molar-refractivity contribution < 1.29 is 4.79 Å². The maximum atomic E-state index is 12.5. The van der Waals surface area contributed by atoms with Gasteiger partial charge in [0.25, 0.3) is 5.91 Å². The van der Waals surface area contributed by atoms with E-state index in [9.17, 15) is 4.79 Å². The molecule has 0 aromatic carbocycles. The molecular formula is C15H28N4O. The van der Waals surface area contributed by atoms with Crippen LogP contribution in [0.4, 0.5) is 0 Å². The Morgan fingerprint density at radius 2 is 1.90 bits per heavy atom. The number of rotatable bonds is 5. The van der Waals surface area contributed by atoms with Gasteiger partial charge in [-0.1, -0.05) is 13.8 Å². The van der Waals surface area contributed by atoms with Crippen LogP contribution in [0.25, 0.3) is 0 Å². The third-order valence-corrected chi connectivity index (χ3v) is 4.01. The van der Waals surface area contributed by atoms with Crippen molar-refractivity contribution in [2.45, 2.75) is 65.5 Å². The summed E-state index contributed by atoms with van der Waals surface area (Å²) in [5.41, 5.74) is 6.88. The fourth-order valence-electron chi connectivity index (χ4n) is 2.38. The second-order valence-corrected chi connectivity index (χ2v) is 6.37. The van der Waals surface area contributed by atoms with Gasteiger partial charge in [-0.25, -0.2) is 0 Å². The summed E-state index contributed by atoms with van der Waals surface area (Å²) >= 11 is 0. The van der Waals surface area contributed by atoms with Crippen molar-refractivity contribution in [1.82, 2.24) is 15.1 Å². The largest absolute Gasteiger partial charge is 0.345 e. The summed E-state index contributed by atoms with van der Waals surface area (Å²) < 4.78 is 1.88. The molecule has 1 aromatic rings. The highest BCUT2D eigenvalue weighted by Gasteiger charge is 2.29. The quantitative estimate of drug-likeness (QED) is 0.868. The molecule has 1 heterocycles. The van der Waals surface area contributed by atoms with Crippen LogP contribution in [0.5, 0.6) is 0 Å². The standard InChI is InChI=1S/C15H28N4O/c1-7-15(8-2,10-16)18-13(20)12-9-17-19(11(12)3)14(4,5)6/h9H,7-8,10,16H2,1-6H3,(H,18,20). The minimum absolute atomic E-state index is 0.0906. The van der Waals surface area contributed by atoms with Gasteiger partial charge in [-0.05, 0) is 40.5 Å². The van der Waals surface area contributed by atoms with Crippen molar-refractivity contribution in [2.75, 3.05) is 6.54 Å². The maximum Gasteiger partial charge on any atom is 0.255 e. The molecule has 5 heteroatoms. The van der Waals surface area contributed by atoms with Crippen LogP contribution >= 0.6 is 0 Å². The molecule has 20 heavy (non-hydrogen) atoms. The molecule has 0 aliphatic rings. The first-order valence-electron chi connectivity index (χ1n) is 7.28. The molecule has 0 saturated carbocycles. The topological polar surface area (TPSA) is 72.9 Å². The third-order valence-electron chi connectivity index (χ3n) is 4.01. The third kappa shape index (κ3) is 3.20. The minimum atomic E-state index is -0.326. The molecule has 0 aliphatic carbocycles. The first-order chi connectivity index (χ1) is 9.20. The fourth-order valence-corrected chi connectivity index (χ4v) is 2.38. The van der Waals surface area contributed by atoms with Crippen LogP contribution in [-0.4, -0.2) is 27.8 Å². The number of carbonyl (C=O) groups is 1. The van der Waals surface area contributed by atoms with Gasteiger partial charge in [-0.15, -0.1) is 0 Å². The van der Waals surface area contributed by atoms with Crippen molar-refractivity contribution in [2.24, 2.45) is 5.73 Å². The summed E-state index contributed by atoms with van der Waals surface area (Å²) in [5, 5.41) is 7.42. The zero-order chi connectivity index (χ0) is 15.6. The van der Waals surface area contributed by atoms with E-state index < -0.39 is 0 Å². The molecule has 1 aromatic heterocycles. The van der Waals surface area contributed by atoms with Gasteiger partial charge in [0.05, 0.1) is 22.8 Å². The SMILES string of the molecule is CCC(CC)(CN)NC(=O)c1cnn(C(C)(C)C)c1C. The molecular weight excluding hydrogens is 252 g/mol. The number of nitrogens with zero attached hydrogens (tertiary/aromatic N) is 2. The normalized spacial score (nSPS) is 12.6. The molecule has 0 radical (unpaired) electrons. The Bertz CT molecular complexity index is 458. The average Bonchev–Trinajstić information content (AvgIpc) is 2.78. The van der Waals surface area contributed by atoms with Gasteiger partial charge in [0.15, 0.2) is 0 Å². The van der Waals surface area contributed by atoms with E-state index in [1.165, 1.54) is 0 Å². The Balaban J connectivity index is 3.03. The van der Waals surface area contributed by atoms with Gasteiger partial charge < -0.3 is 11.1 Å². The van der Waals surface area contributed by atoms with Crippen LogP contribution in [0.1, 0.15) is 63.5 Å². The van der Waals surface area contributed by atoms with E-state index >= 15 is 0 Å². The number of hydrogen-bond acceptors (Lipinski definition) is 3. The molecule has 0 bridgehead atoms. The van der Waals surface area contributed by atoms with E-state index in [1.807, 2.05) is 25.5 Å². The summed E-state index contributed by atoms with van der Waals surface area (Å²) in [6, 6.07) is 0. The van der Waals surface area contributed by atoms with Crippen LogP contribution in [0, 0.1) is 6.92 Å². The summed E-state index contributed by atoms with van der Waals surface area (Å²) in [6.07, 6.45) is 3.28. The molecule has 3 N–H and O–H groups in total. The maximum absolute atomic E-state index is 12.5. The number of hydrogen-bond donors (Lipinski definition) is 2. The summed E-state index contributed by atoms with van der Waals surface area (Å²) in [4.78, 5) is 12.5. The summed E-state index contributed by atoms with van der Waals surface area (Å²) in [7, 11) is 0. The Hall–Kier alpha value is -1.36. The number of amides is 1. The van der Waals surface area contributed by atoms with Crippen LogP contribution in [0.2, 0.25) is 0 Å². The Morgan fingerprint density at radius 3 is 2.25 bits per heavy atom. The van der Waals surface area contributed by atoms with Gasteiger partial charge in [-0.2, -0.15) is 5.10 Å². The van der Waals surface area contributed by atoms with E-state index in [2.05, 4.69) is 31.2 Å². The molecule has 5 nitrogen and oxygen atoms in total. The van der Waals surface area contributed by atoms with Gasteiger partial charge >= 0.3 is 0 Å². The lowest BCUT2D eigenvalue weighted by atomic mass is 9.92. The molecule has 0 atom stereocenters. The minimum Gasteiger partial charge on any atom is -0.345 e. The molecule has 0 fully saturated rings. The summed E-state index contributed by atoms with van der Waals surface area (Å²) in [5.74, 6) is -0.0906. The lowest BCUT2D eigenvalue weighted by Gasteiger charge is -2.31. The second-order valence-electron chi connectivity index (χ2n) is 6.37. The highest BCUT2D eigenvalue weighted by Crippen LogP contribution is 2.20. The number of nitrogens with two attached hydrogens (primary N) is 1. The smallest absolute Gasteiger partial charge is 0.255 e. The van der Waals surface area contributed by atoms with Gasteiger partial charge in [0.2, 0.25) is 0 Å². The van der Waals surface area contributed by atoms with Crippen molar-refractivity contribution >= 4 is 5.91 Å². The van der Waals surface area contributed by atoms with Crippen molar-refractivity contribution in [3.63, 3.8) is 0 Å².